The summed E-state index contributed by atoms with van der Waals surface area (Å²) in [4.78, 5) is 4.19. The number of pyridine rings is 1. The molecule has 122 valence electrons. The van der Waals surface area contributed by atoms with Gasteiger partial charge in [0.2, 0.25) is 0 Å². The molecule has 3 rings (SSSR count). The van der Waals surface area contributed by atoms with E-state index in [1.165, 1.54) is 24.6 Å². The van der Waals surface area contributed by atoms with Crippen molar-refractivity contribution in [2.24, 2.45) is 5.92 Å². The molecule has 1 atom stereocenters. The van der Waals surface area contributed by atoms with Crippen LogP contribution in [0.1, 0.15) is 12.8 Å². The Hall–Kier alpha value is -1.85. The number of halogens is 2. The Balaban J connectivity index is 1.68. The van der Waals surface area contributed by atoms with Gasteiger partial charge in [0, 0.05) is 24.7 Å². The fourth-order valence-corrected chi connectivity index (χ4v) is 2.66. The molecule has 0 saturated carbocycles. The molecule has 1 saturated heterocycles. The topological polar surface area (TPSA) is 43.4 Å². The number of ether oxygens (including phenoxy) is 2. The van der Waals surface area contributed by atoms with Gasteiger partial charge in [0.25, 0.3) is 5.88 Å². The molecule has 1 aromatic heterocycles. The molecule has 1 fully saturated rings. The average Bonchev–Trinajstić information content (AvgIpc) is 2.58. The summed E-state index contributed by atoms with van der Waals surface area (Å²) >= 11 is 5.77. The maximum atomic E-state index is 13.2. The lowest BCUT2D eigenvalue weighted by Crippen LogP contribution is -2.33. The Morgan fingerprint density at radius 1 is 1.35 bits per heavy atom. The van der Waals surface area contributed by atoms with E-state index in [9.17, 15) is 4.39 Å². The van der Waals surface area contributed by atoms with Crippen molar-refractivity contribution in [2.45, 2.75) is 12.8 Å². The van der Waals surface area contributed by atoms with Gasteiger partial charge < -0.3 is 14.8 Å². The van der Waals surface area contributed by atoms with Crippen molar-refractivity contribution in [3.05, 3.63) is 47.4 Å². The first-order valence-corrected chi connectivity index (χ1v) is 8.01. The van der Waals surface area contributed by atoms with E-state index in [4.69, 9.17) is 21.1 Å². The molecular weight excluding hydrogens is 319 g/mol. The third kappa shape index (κ3) is 4.33. The van der Waals surface area contributed by atoms with Gasteiger partial charge in [-0.25, -0.2) is 9.37 Å². The van der Waals surface area contributed by atoms with Gasteiger partial charge in [0.15, 0.2) is 5.75 Å². The smallest absolute Gasteiger partial charge is 0.262 e. The molecular formula is C17H18ClFN2O2. The largest absolute Gasteiger partial charge is 0.488 e. The van der Waals surface area contributed by atoms with E-state index >= 15 is 0 Å². The first kappa shape index (κ1) is 16.0. The Bertz CT molecular complexity index is 663. The van der Waals surface area contributed by atoms with Crippen LogP contribution in [0.25, 0.3) is 0 Å². The van der Waals surface area contributed by atoms with E-state index in [1.807, 2.05) is 6.07 Å². The summed E-state index contributed by atoms with van der Waals surface area (Å²) in [5, 5.41) is 3.37. The molecule has 4 nitrogen and oxygen atoms in total. The van der Waals surface area contributed by atoms with Crippen LogP contribution in [0.4, 0.5) is 4.39 Å². The van der Waals surface area contributed by atoms with Crippen molar-refractivity contribution >= 4 is 11.6 Å². The van der Waals surface area contributed by atoms with Crippen molar-refractivity contribution in [3.63, 3.8) is 0 Å². The van der Waals surface area contributed by atoms with Gasteiger partial charge in [-0.05, 0) is 43.7 Å². The number of hydrogen-bond donors (Lipinski definition) is 1. The predicted molar refractivity (Wildman–Crippen MR) is 86.8 cm³/mol. The van der Waals surface area contributed by atoms with E-state index in [1.54, 1.807) is 12.3 Å². The van der Waals surface area contributed by atoms with Gasteiger partial charge >= 0.3 is 0 Å². The second-order valence-electron chi connectivity index (χ2n) is 5.51. The minimum Gasteiger partial charge on any atom is -0.488 e. The van der Waals surface area contributed by atoms with Crippen molar-refractivity contribution < 1.29 is 13.9 Å². The number of benzene rings is 1. The highest BCUT2D eigenvalue weighted by atomic mass is 35.5. The van der Waals surface area contributed by atoms with Gasteiger partial charge in [-0.2, -0.15) is 0 Å². The summed E-state index contributed by atoms with van der Waals surface area (Å²) < 4.78 is 24.8. The van der Waals surface area contributed by atoms with Crippen LogP contribution in [0.2, 0.25) is 5.02 Å². The third-order valence-corrected chi connectivity index (χ3v) is 4.00. The number of rotatable bonds is 5. The van der Waals surface area contributed by atoms with E-state index in [2.05, 4.69) is 10.3 Å². The second kappa shape index (κ2) is 7.62. The molecule has 2 heterocycles. The molecule has 1 aliphatic heterocycles. The number of aromatic nitrogens is 1. The van der Waals surface area contributed by atoms with Crippen LogP contribution in [0.5, 0.6) is 17.4 Å². The fraction of sp³-hybridized carbons (Fsp3) is 0.353. The van der Waals surface area contributed by atoms with Crippen molar-refractivity contribution in [1.29, 1.82) is 0 Å². The maximum Gasteiger partial charge on any atom is 0.262 e. The molecule has 0 amide bonds. The van der Waals surface area contributed by atoms with Crippen LogP contribution in [-0.4, -0.2) is 24.7 Å². The Morgan fingerprint density at radius 2 is 2.26 bits per heavy atom. The van der Waals surface area contributed by atoms with Gasteiger partial charge in [0.1, 0.15) is 11.6 Å². The van der Waals surface area contributed by atoms with Gasteiger partial charge in [0.05, 0.1) is 11.6 Å². The lowest BCUT2D eigenvalue weighted by Gasteiger charge is -2.23. The molecule has 6 heteroatoms. The molecule has 1 N–H and O–H groups in total. The summed E-state index contributed by atoms with van der Waals surface area (Å²) in [6, 6.07) is 7.78. The van der Waals surface area contributed by atoms with Crippen molar-refractivity contribution in [3.8, 4) is 17.4 Å². The van der Waals surface area contributed by atoms with Crippen LogP contribution in [0.3, 0.4) is 0 Å². The minimum atomic E-state index is -0.485. The minimum absolute atomic E-state index is 0.00850. The monoisotopic (exact) mass is 336 g/mol. The van der Waals surface area contributed by atoms with Gasteiger partial charge in [-0.3, -0.25) is 0 Å². The molecule has 0 bridgehead atoms. The number of nitrogens with zero attached hydrogens (tertiary/aromatic N) is 1. The zero-order valence-corrected chi connectivity index (χ0v) is 13.4. The first-order valence-electron chi connectivity index (χ1n) is 7.64. The Kier molecular flexibility index (Phi) is 5.31. The summed E-state index contributed by atoms with van der Waals surface area (Å²) in [5.74, 6) is 1.33. The summed E-state index contributed by atoms with van der Waals surface area (Å²) in [5.41, 5.74) is 0. The first-order chi connectivity index (χ1) is 11.2. The van der Waals surface area contributed by atoms with E-state index < -0.39 is 5.82 Å². The Labute approximate surface area is 139 Å². The lowest BCUT2D eigenvalue weighted by molar-refractivity contribution is 0.212. The number of piperidine rings is 1. The van der Waals surface area contributed by atoms with E-state index in [0.717, 1.165) is 19.5 Å². The third-order valence-electron chi connectivity index (χ3n) is 3.72. The van der Waals surface area contributed by atoms with Crippen LogP contribution >= 0.6 is 11.6 Å². The van der Waals surface area contributed by atoms with Crippen LogP contribution in [0, 0.1) is 11.7 Å². The van der Waals surface area contributed by atoms with E-state index in [0.29, 0.717) is 29.9 Å². The molecule has 0 spiro atoms. The van der Waals surface area contributed by atoms with Gasteiger partial charge in [-0.1, -0.05) is 11.6 Å². The molecule has 1 unspecified atom stereocenters. The molecule has 23 heavy (non-hydrogen) atoms. The normalized spacial score (nSPS) is 17.7. The molecule has 1 aliphatic rings. The highest BCUT2D eigenvalue weighted by Gasteiger charge is 2.15. The zero-order valence-electron chi connectivity index (χ0n) is 12.6. The molecule has 2 aromatic rings. The maximum absolute atomic E-state index is 13.2. The quantitative estimate of drug-likeness (QED) is 0.894. The average molecular weight is 337 g/mol. The highest BCUT2D eigenvalue weighted by molar-refractivity contribution is 6.30. The Morgan fingerprint density at radius 3 is 3.04 bits per heavy atom. The number of hydrogen-bond acceptors (Lipinski definition) is 4. The molecule has 1 aromatic carbocycles. The van der Waals surface area contributed by atoms with Crippen LogP contribution in [0.15, 0.2) is 36.5 Å². The standard InChI is InChI=1S/C17H18ClFN2O2/c18-14-9-13(5-6-15(14)19)23-17-16(4-2-8-21-17)22-11-12-3-1-7-20-10-12/h2,4-6,8-9,12,20H,1,3,7,10-11H2. The summed E-state index contributed by atoms with van der Waals surface area (Å²) in [6.07, 6.45) is 3.94. The summed E-state index contributed by atoms with van der Waals surface area (Å²) in [6.45, 7) is 2.65. The molecule has 0 aliphatic carbocycles. The number of nitrogens with one attached hydrogen (secondary N) is 1. The zero-order chi connectivity index (χ0) is 16.1. The molecule has 0 radical (unpaired) electrons. The lowest BCUT2D eigenvalue weighted by atomic mass is 10.0. The predicted octanol–water partition coefficient (Wildman–Crippen LogP) is 4.04. The summed E-state index contributed by atoms with van der Waals surface area (Å²) in [7, 11) is 0. The second-order valence-corrected chi connectivity index (χ2v) is 5.92. The van der Waals surface area contributed by atoms with Crippen LogP contribution < -0.4 is 14.8 Å². The highest BCUT2D eigenvalue weighted by Crippen LogP contribution is 2.31. The van der Waals surface area contributed by atoms with Crippen molar-refractivity contribution in [2.75, 3.05) is 19.7 Å². The van der Waals surface area contributed by atoms with Gasteiger partial charge in [-0.15, -0.1) is 0 Å². The van der Waals surface area contributed by atoms with Crippen LogP contribution in [-0.2, 0) is 0 Å². The van der Waals surface area contributed by atoms with Crippen molar-refractivity contribution in [1.82, 2.24) is 10.3 Å². The van der Waals surface area contributed by atoms with E-state index in [-0.39, 0.29) is 5.02 Å². The fourth-order valence-electron chi connectivity index (χ4n) is 2.49. The SMILES string of the molecule is Fc1ccc(Oc2ncccc2OCC2CCCNC2)cc1Cl.